The highest BCUT2D eigenvalue weighted by atomic mass is 16.5. The van der Waals surface area contributed by atoms with Gasteiger partial charge in [-0.1, -0.05) is 13.8 Å². The molecular formula is C28H39N3O4. The van der Waals surface area contributed by atoms with E-state index in [1.807, 2.05) is 24.3 Å². The lowest BCUT2D eigenvalue weighted by atomic mass is 10.2. The molecule has 0 spiro atoms. The van der Waals surface area contributed by atoms with Crippen molar-refractivity contribution in [2.75, 3.05) is 40.5 Å². The number of esters is 1. The molecule has 7 heteroatoms. The van der Waals surface area contributed by atoms with Crippen LogP contribution in [0.5, 0.6) is 11.5 Å². The molecule has 0 aliphatic heterocycles. The van der Waals surface area contributed by atoms with Crippen LogP contribution in [-0.4, -0.2) is 60.9 Å². The van der Waals surface area contributed by atoms with Crippen molar-refractivity contribution in [2.24, 2.45) is 0 Å². The normalized spacial score (nSPS) is 11.2. The van der Waals surface area contributed by atoms with Crippen molar-refractivity contribution in [3.8, 4) is 22.9 Å². The number of hydrogen-bond acceptors (Lipinski definition) is 6. The van der Waals surface area contributed by atoms with E-state index in [4.69, 9.17) is 14.5 Å². The number of nitrogens with zero attached hydrogens (tertiary/aromatic N) is 3. The molecule has 190 valence electrons. The predicted molar refractivity (Wildman–Crippen MR) is 140 cm³/mol. The van der Waals surface area contributed by atoms with Crippen LogP contribution in [0, 0.1) is 0 Å². The van der Waals surface area contributed by atoms with Crippen LogP contribution in [0.15, 0.2) is 42.5 Å². The fourth-order valence-corrected chi connectivity index (χ4v) is 4.21. The van der Waals surface area contributed by atoms with E-state index in [2.05, 4.69) is 46.3 Å². The first kappa shape index (κ1) is 26.5. The van der Waals surface area contributed by atoms with Crippen molar-refractivity contribution in [1.29, 1.82) is 0 Å². The summed E-state index contributed by atoms with van der Waals surface area (Å²) in [5.74, 6) is 2.48. The zero-order valence-corrected chi connectivity index (χ0v) is 21.6. The maximum absolute atomic E-state index is 11.2. The van der Waals surface area contributed by atoms with E-state index < -0.39 is 0 Å². The molecule has 0 aliphatic carbocycles. The minimum absolute atomic E-state index is 0.154. The van der Waals surface area contributed by atoms with E-state index >= 15 is 0 Å². The number of aryl methyl sites for hydroxylation is 1. The molecule has 1 aromatic heterocycles. The summed E-state index contributed by atoms with van der Waals surface area (Å²) in [6, 6.07) is 14.2. The summed E-state index contributed by atoms with van der Waals surface area (Å²) < 4.78 is 18.4. The Morgan fingerprint density at radius 1 is 0.943 bits per heavy atom. The number of imidazole rings is 1. The highest BCUT2D eigenvalue weighted by Crippen LogP contribution is 2.29. The molecule has 0 atom stereocenters. The SMILES string of the molecule is CCN(CC)CCCn1c(-c2ccc(OC)cc2)nc2ccc(OCCCCCC(=O)OC)cc21. The van der Waals surface area contributed by atoms with Gasteiger partial charge in [0.15, 0.2) is 0 Å². The zero-order chi connectivity index (χ0) is 25.0. The Morgan fingerprint density at radius 2 is 1.69 bits per heavy atom. The Balaban J connectivity index is 1.75. The first-order chi connectivity index (χ1) is 17.1. The Hall–Kier alpha value is -3.06. The number of hydrogen-bond donors (Lipinski definition) is 0. The second-order valence-electron chi connectivity index (χ2n) is 8.58. The van der Waals surface area contributed by atoms with Crippen LogP contribution in [0.2, 0.25) is 0 Å². The molecule has 3 rings (SSSR count). The number of carbonyl (C=O) groups excluding carboxylic acids is 1. The third-order valence-corrected chi connectivity index (χ3v) is 6.34. The molecule has 0 unspecified atom stereocenters. The highest BCUT2D eigenvalue weighted by Gasteiger charge is 2.14. The largest absolute Gasteiger partial charge is 0.497 e. The summed E-state index contributed by atoms with van der Waals surface area (Å²) in [4.78, 5) is 18.7. The first-order valence-electron chi connectivity index (χ1n) is 12.7. The van der Waals surface area contributed by atoms with E-state index in [9.17, 15) is 4.79 Å². The fraction of sp³-hybridized carbons (Fsp3) is 0.500. The maximum atomic E-state index is 11.2. The molecule has 0 bridgehead atoms. The van der Waals surface area contributed by atoms with Gasteiger partial charge in [-0.2, -0.15) is 0 Å². The molecule has 0 saturated carbocycles. The van der Waals surface area contributed by atoms with Gasteiger partial charge < -0.3 is 23.7 Å². The summed E-state index contributed by atoms with van der Waals surface area (Å²) in [6.45, 7) is 9.08. The number of unbranched alkanes of at least 4 members (excludes halogenated alkanes) is 2. The molecule has 2 aromatic carbocycles. The van der Waals surface area contributed by atoms with Crippen LogP contribution < -0.4 is 9.47 Å². The van der Waals surface area contributed by atoms with Crippen molar-refractivity contribution >= 4 is 17.0 Å². The number of fused-ring (bicyclic) bond motifs is 1. The number of ether oxygens (including phenoxy) is 3. The Bertz CT molecular complexity index is 1060. The Morgan fingerprint density at radius 3 is 2.37 bits per heavy atom. The smallest absolute Gasteiger partial charge is 0.305 e. The van der Waals surface area contributed by atoms with Crippen molar-refractivity contribution in [2.45, 2.75) is 52.5 Å². The van der Waals surface area contributed by atoms with E-state index in [0.29, 0.717) is 13.0 Å². The summed E-state index contributed by atoms with van der Waals surface area (Å²) in [7, 11) is 3.11. The van der Waals surface area contributed by atoms with Crippen molar-refractivity contribution < 1.29 is 19.0 Å². The summed E-state index contributed by atoms with van der Waals surface area (Å²) in [5.41, 5.74) is 3.11. The molecular weight excluding hydrogens is 442 g/mol. The number of methoxy groups -OCH3 is 2. The number of rotatable bonds is 15. The quantitative estimate of drug-likeness (QED) is 0.209. The van der Waals surface area contributed by atoms with Gasteiger partial charge in [0.1, 0.15) is 17.3 Å². The van der Waals surface area contributed by atoms with Gasteiger partial charge in [-0.3, -0.25) is 4.79 Å². The maximum Gasteiger partial charge on any atom is 0.305 e. The number of benzene rings is 2. The van der Waals surface area contributed by atoms with E-state index in [-0.39, 0.29) is 5.97 Å². The summed E-state index contributed by atoms with van der Waals surface area (Å²) in [6.07, 6.45) is 4.15. The van der Waals surface area contributed by atoms with Gasteiger partial charge in [-0.15, -0.1) is 0 Å². The number of carbonyl (C=O) groups is 1. The lowest BCUT2D eigenvalue weighted by molar-refractivity contribution is -0.140. The number of aromatic nitrogens is 2. The highest BCUT2D eigenvalue weighted by molar-refractivity contribution is 5.82. The predicted octanol–water partition coefficient (Wildman–Crippen LogP) is 5.56. The molecule has 0 saturated heterocycles. The van der Waals surface area contributed by atoms with Crippen molar-refractivity contribution in [1.82, 2.24) is 14.5 Å². The third-order valence-electron chi connectivity index (χ3n) is 6.34. The second-order valence-corrected chi connectivity index (χ2v) is 8.58. The molecule has 35 heavy (non-hydrogen) atoms. The lowest BCUT2D eigenvalue weighted by Crippen LogP contribution is -2.24. The Labute approximate surface area is 209 Å². The van der Waals surface area contributed by atoms with Crippen LogP contribution >= 0.6 is 0 Å². The molecule has 0 fully saturated rings. The van der Waals surface area contributed by atoms with Crippen molar-refractivity contribution in [3.63, 3.8) is 0 Å². The molecule has 3 aromatic rings. The third kappa shape index (κ3) is 7.46. The molecule has 1 heterocycles. The van der Waals surface area contributed by atoms with Gasteiger partial charge in [-0.25, -0.2) is 4.98 Å². The monoisotopic (exact) mass is 481 g/mol. The molecule has 7 nitrogen and oxygen atoms in total. The molecule has 0 radical (unpaired) electrons. The molecule has 0 aliphatic rings. The Kier molecular flexibility index (Phi) is 10.4. The van der Waals surface area contributed by atoms with Gasteiger partial charge in [0, 0.05) is 24.6 Å². The topological polar surface area (TPSA) is 65.8 Å². The standard InChI is InChI=1S/C28H39N3O4/c1-5-30(6-2)18-10-19-31-26-21-24(35-20-9-7-8-11-27(32)34-4)16-17-25(26)29-28(31)22-12-14-23(33-3)15-13-22/h12-17,21H,5-11,18-20H2,1-4H3. The second kappa shape index (κ2) is 13.7. The van der Waals surface area contributed by atoms with Gasteiger partial charge in [0.05, 0.1) is 31.9 Å². The van der Waals surface area contributed by atoms with Crippen molar-refractivity contribution in [3.05, 3.63) is 42.5 Å². The van der Waals surface area contributed by atoms with E-state index in [1.54, 1.807) is 7.11 Å². The minimum atomic E-state index is -0.154. The van der Waals surface area contributed by atoms with Gasteiger partial charge in [-0.05, 0) is 81.7 Å². The minimum Gasteiger partial charge on any atom is -0.497 e. The summed E-state index contributed by atoms with van der Waals surface area (Å²) >= 11 is 0. The first-order valence-corrected chi connectivity index (χ1v) is 12.7. The van der Waals surface area contributed by atoms with Crippen LogP contribution in [0.4, 0.5) is 0 Å². The van der Waals surface area contributed by atoms with Crippen LogP contribution in [0.3, 0.4) is 0 Å². The van der Waals surface area contributed by atoms with E-state index in [1.165, 1.54) is 7.11 Å². The van der Waals surface area contributed by atoms with E-state index in [0.717, 1.165) is 85.8 Å². The molecule has 0 amide bonds. The van der Waals surface area contributed by atoms with Gasteiger partial charge in [0.2, 0.25) is 0 Å². The van der Waals surface area contributed by atoms with Crippen LogP contribution in [-0.2, 0) is 16.1 Å². The van der Waals surface area contributed by atoms with Gasteiger partial charge >= 0.3 is 5.97 Å². The fourth-order valence-electron chi connectivity index (χ4n) is 4.21. The van der Waals surface area contributed by atoms with Gasteiger partial charge in [0.25, 0.3) is 0 Å². The lowest BCUT2D eigenvalue weighted by Gasteiger charge is -2.18. The van der Waals surface area contributed by atoms with Crippen LogP contribution in [0.1, 0.15) is 46.0 Å². The van der Waals surface area contributed by atoms with Crippen LogP contribution in [0.25, 0.3) is 22.4 Å². The zero-order valence-electron chi connectivity index (χ0n) is 21.6. The average Bonchev–Trinajstić information content (AvgIpc) is 3.26. The average molecular weight is 482 g/mol. The summed E-state index contributed by atoms with van der Waals surface area (Å²) in [5, 5.41) is 0. The molecule has 0 N–H and O–H groups in total.